The number of nitrogens with zero attached hydrogens (tertiary/aromatic N) is 2. The average molecular weight is 391 g/mol. The fraction of sp³-hybridized carbons (Fsp3) is 0.529. The van der Waals surface area contributed by atoms with E-state index >= 15 is 0 Å². The van der Waals surface area contributed by atoms with Crippen LogP contribution in [0.15, 0.2) is 23.6 Å². The van der Waals surface area contributed by atoms with Crippen molar-refractivity contribution in [2.75, 3.05) is 5.75 Å². The van der Waals surface area contributed by atoms with Gasteiger partial charge in [-0.25, -0.2) is 18.1 Å². The minimum absolute atomic E-state index is 0.0527. The van der Waals surface area contributed by atoms with E-state index in [2.05, 4.69) is 25.1 Å². The number of rotatable bonds is 5. The normalized spacial score (nSPS) is 21.5. The van der Waals surface area contributed by atoms with Gasteiger partial charge in [0.05, 0.1) is 11.5 Å². The quantitative estimate of drug-likeness (QED) is 0.559. The van der Waals surface area contributed by atoms with Crippen molar-refractivity contribution < 1.29 is 13.4 Å². The molecule has 0 saturated heterocycles. The van der Waals surface area contributed by atoms with Gasteiger partial charge in [-0.2, -0.15) is 5.10 Å². The number of nitrogens with one attached hydrogen (secondary N) is 3. The third-order valence-corrected chi connectivity index (χ3v) is 6.46. The Labute approximate surface area is 160 Å². The highest BCUT2D eigenvalue weighted by molar-refractivity contribution is 7.89. The summed E-state index contributed by atoms with van der Waals surface area (Å²) in [4.78, 5) is 7.40. The molecule has 3 heterocycles. The second kappa shape index (κ2) is 7.99. The average Bonchev–Trinajstić information content (AvgIpc) is 3.09. The number of aromatic nitrogens is 2. The van der Waals surface area contributed by atoms with Gasteiger partial charge < -0.3 is 15.3 Å². The van der Waals surface area contributed by atoms with E-state index in [4.69, 9.17) is 0 Å². The number of aromatic amines is 1. The van der Waals surface area contributed by atoms with E-state index in [0.717, 1.165) is 22.3 Å². The molecule has 1 aliphatic heterocycles. The van der Waals surface area contributed by atoms with E-state index in [1.807, 2.05) is 33.0 Å². The van der Waals surface area contributed by atoms with Gasteiger partial charge in [0.25, 0.3) is 0 Å². The number of hydrogen-bond acceptors (Lipinski definition) is 6. The van der Waals surface area contributed by atoms with Gasteiger partial charge in [0, 0.05) is 40.8 Å². The molecule has 10 heteroatoms. The molecule has 1 fully saturated rings. The summed E-state index contributed by atoms with van der Waals surface area (Å²) in [5.74, 6) is 0.301. The fourth-order valence-electron chi connectivity index (χ4n) is 3.59. The van der Waals surface area contributed by atoms with Gasteiger partial charge >= 0.3 is 7.05 Å². The standard InChI is InChI=1S/C15H20BN5O3S.C2H6/c1-2-5-25(23,24)20-10-6-9(7-10)14-13-11-3-4-17-15(11)18-8-12(13)16(22)21-19-14;1-2/h3-4,8-10,20-22H,2,5-7H2,1H3,(H,17,18);1-2H3. The van der Waals surface area contributed by atoms with Crippen LogP contribution in [0.2, 0.25) is 0 Å². The molecule has 2 aromatic heterocycles. The minimum Gasteiger partial charge on any atom is -0.428 e. The van der Waals surface area contributed by atoms with Crippen molar-refractivity contribution in [3.05, 3.63) is 24.0 Å². The molecular weight excluding hydrogens is 365 g/mol. The topological polar surface area (TPSA) is 119 Å². The van der Waals surface area contributed by atoms with Gasteiger partial charge in [0.1, 0.15) is 5.65 Å². The molecule has 146 valence electrons. The van der Waals surface area contributed by atoms with Crippen LogP contribution >= 0.6 is 0 Å². The SMILES string of the molecule is CC.CCCS(=O)(=O)NC1CC(C2=NNB(O)c3cnc4[nH]ccc4c32)C1. The van der Waals surface area contributed by atoms with Gasteiger partial charge in [-0.05, 0) is 25.3 Å². The van der Waals surface area contributed by atoms with Crippen LogP contribution in [0, 0.1) is 5.92 Å². The number of H-pyrrole nitrogens is 1. The molecule has 2 aliphatic rings. The first-order valence-electron chi connectivity index (χ1n) is 9.46. The second-order valence-electron chi connectivity index (χ2n) is 6.66. The first-order valence-corrected chi connectivity index (χ1v) is 11.1. The Bertz CT molecular complexity index is 937. The van der Waals surface area contributed by atoms with Crippen molar-refractivity contribution >= 4 is 39.3 Å². The van der Waals surface area contributed by atoms with Gasteiger partial charge in [-0.1, -0.05) is 20.8 Å². The van der Waals surface area contributed by atoms with E-state index in [1.165, 1.54) is 0 Å². The molecule has 1 aliphatic carbocycles. The molecule has 1 saturated carbocycles. The Morgan fingerprint density at radius 1 is 1.37 bits per heavy atom. The molecule has 0 unspecified atom stereocenters. The molecule has 0 spiro atoms. The van der Waals surface area contributed by atoms with Crippen molar-refractivity contribution in [1.29, 1.82) is 0 Å². The Balaban J connectivity index is 0.00000102. The van der Waals surface area contributed by atoms with Gasteiger partial charge in [-0.3, -0.25) is 0 Å². The van der Waals surface area contributed by atoms with E-state index in [-0.39, 0.29) is 17.7 Å². The van der Waals surface area contributed by atoms with E-state index < -0.39 is 17.1 Å². The third-order valence-electron chi connectivity index (χ3n) is 4.82. The van der Waals surface area contributed by atoms with Gasteiger partial charge in [0.2, 0.25) is 10.0 Å². The van der Waals surface area contributed by atoms with Crippen LogP contribution < -0.4 is 15.5 Å². The minimum atomic E-state index is -3.20. The molecule has 4 N–H and O–H groups in total. The lowest BCUT2D eigenvalue weighted by molar-refractivity contribution is 0.319. The number of hydrogen-bond donors (Lipinski definition) is 4. The van der Waals surface area contributed by atoms with Crippen molar-refractivity contribution in [3.63, 3.8) is 0 Å². The summed E-state index contributed by atoms with van der Waals surface area (Å²) in [5.41, 5.74) is 3.21. The monoisotopic (exact) mass is 391 g/mol. The Morgan fingerprint density at radius 3 is 2.81 bits per heavy atom. The maximum Gasteiger partial charge on any atom is 0.465 e. The lowest BCUT2D eigenvalue weighted by Gasteiger charge is -2.38. The van der Waals surface area contributed by atoms with Gasteiger partial charge in [-0.15, -0.1) is 0 Å². The molecule has 0 bridgehead atoms. The van der Waals surface area contributed by atoms with Crippen molar-refractivity contribution in [2.45, 2.75) is 46.1 Å². The lowest BCUT2D eigenvalue weighted by Crippen LogP contribution is -2.54. The molecule has 2 aromatic rings. The zero-order valence-electron chi connectivity index (χ0n) is 15.9. The lowest BCUT2D eigenvalue weighted by atomic mass is 9.66. The maximum absolute atomic E-state index is 11.9. The molecule has 27 heavy (non-hydrogen) atoms. The largest absolute Gasteiger partial charge is 0.465 e. The van der Waals surface area contributed by atoms with Crippen LogP contribution in [0.3, 0.4) is 0 Å². The van der Waals surface area contributed by atoms with E-state index in [1.54, 1.807) is 6.20 Å². The molecule has 0 aromatic carbocycles. The Hall–Kier alpha value is -1.91. The number of sulfonamides is 1. The molecule has 0 radical (unpaired) electrons. The summed E-state index contributed by atoms with van der Waals surface area (Å²) in [5, 5.41) is 18.2. The summed E-state index contributed by atoms with van der Waals surface area (Å²) in [6.07, 6.45) is 5.47. The zero-order valence-corrected chi connectivity index (χ0v) is 16.7. The molecule has 0 atom stereocenters. The fourth-order valence-corrected chi connectivity index (χ4v) is 4.94. The summed E-state index contributed by atoms with van der Waals surface area (Å²) < 4.78 is 26.6. The van der Waals surface area contributed by atoms with E-state index in [0.29, 0.717) is 24.7 Å². The zero-order chi connectivity index (χ0) is 19.6. The highest BCUT2D eigenvalue weighted by atomic mass is 32.2. The first-order chi connectivity index (χ1) is 13.0. The van der Waals surface area contributed by atoms with E-state index in [9.17, 15) is 13.4 Å². The third kappa shape index (κ3) is 3.88. The Kier molecular flexibility index (Phi) is 5.88. The number of fused-ring (bicyclic) bond motifs is 3. The first kappa shape index (κ1) is 19.8. The summed E-state index contributed by atoms with van der Waals surface area (Å²) in [7, 11) is -4.09. The van der Waals surface area contributed by atoms with Gasteiger partial charge in [0.15, 0.2) is 0 Å². The number of pyridine rings is 1. The summed E-state index contributed by atoms with van der Waals surface area (Å²) in [6.45, 7) is 5.85. The van der Waals surface area contributed by atoms with Crippen molar-refractivity contribution in [3.8, 4) is 0 Å². The van der Waals surface area contributed by atoms with Crippen LogP contribution in [0.5, 0.6) is 0 Å². The number of hydrazone groups is 1. The maximum atomic E-state index is 11.9. The smallest absolute Gasteiger partial charge is 0.428 e. The van der Waals surface area contributed by atoms with Crippen molar-refractivity contribution in [1.82, 2.24) is 20.0 Å². The van der Waals surface area contributed by atoms with Crippen LogP contribution in [0.4, 0.5) is 0 Å². The summed E-state index contributed by atoms with van der Waals surface area (Å²) >= 11 is 0. The molecular formula is C17H26BN5O3S. The van der Waals surface area contributed by atoms with Crippen molar-refractivity contribution in [2.24, 2.45) is 11.0 Å². The molecule has 8 nitrogen and oxygen atoms in total. The van der Waals surface area contributed by atoms with Crippen LogP contribution in [0.25, 0.3) is 11.0 Å². The van der Waals surface area contributed by atoms with Crippen LogP contribution in [-0.4, -0.2) is 48.0 Å². The predicted molar refractivity (Wildman–Crippen MR) is 108 cm³/mol. The highest BCUT2D eigenvalue weighted by Crippen LogP contribution is 2.33. The second-order valence-corrected chi connectivity index (χ2v) is 8.53. The summed E-state index contributed by atoms with van der Waals surface area (Å²) in [6, 6.07) is 1.87. The molecule has 0 amide bonds. The van der Waals surface area contributed by atoms with Crippen LogP contribution in [-0.2, 0) is 10.0 Å². The Morgan fingerprint density at radius 2 is 2.11 bits per heavy atom. The predicted octanol–water partition coefficient (Wildman–Crippen LogP) is 0.692. The highest BCUT2D eigenvalue weighted by Gasteiger charge is 2.39. The molecule has 4 rings (SSSR count). The van der Waals surface area contributed by atoms with Crippen LogP contribution in [0.1, 0.15) is 45.6 Å².